The molecule has 1 fully saturated rings. The van der Waals surface area contributed by atoms with Gasteiger partial charge in [0, 0.05) is 0 Å². The molecule has 0 aromatic heterocycles. The third-order valence-electron chi connectivity index (χ3n) is 3.39. The van der Waals surface area contributed by atoms with Crippen LogP contribution in [0.4, 0.5) is 0 Å². The highest BCUT2D eigenvalue weighted by Gasteiger charge is 2.34. The quantitative estimate of drug-likeness (QED) is 0.590. The van der Waals surface area contributed by atoms with Gasteiger partial charge in [-0.25, -0.2) is 0 Å². The van der Waals surface area contributed by atoms with Crippen molar-refractivity contribution in [2.75, 3.05) is 0 Å². The Hall–Kier alpha value is -0.780. The van der Waals surface area contributed by atoms with Crippen LogP contribution in [0.3, 0.4) is 0 Å². The Balaban J connectivity index is 2.13. The fraction of sp³-hybridized carbons (Fsp3) is 0.500. The standard InChI is InChI=1S/C12H16/c1-9-8-12(10(9)2)11-6-4-3-5-7-11/h3-7,9-10,12H,8H2,1-2H3/t9-,10?,12+/m0/s1. The van der Waals surface area contributed by atoms with Gasteiger partial charge in [0.25, 0.3) is 0 Å². The van der Waals surface area contributed by atoms with Crippen LogP contribution in [0.1, 0.15) is 31.7 Å². The number of hydrogen-bond donors (Lipinski definition) is 0. The van der Waals surface area contributed by atoms with E-state index in [-0.39, 0.29) is 0 Å². The largest absolute Gasteiger partial charge is 0.0622 e. The number of rotatable bonds is 1. The minimum absolute atomic E-state index is 0.834. The van der Waals surface area contributed by atoms with Gasteiger partial charge in [0.05, 0.1) is 0 Å². The molecule has 1 aliphatic rings. The van der Waals surface area contributed by atoms with E-state index in [2.05, 4.69) is 44.2 Å². The molecule has 0 heteroatoms. The Kier molecular flexibility index (Phi) is 1.92. The van der Waals surface area contributed by atoms with Crippen molar-refractivity contribution >= 4 is 0 Å². The van der Waals surface area contributed by atoms with E-state index in [9.17, 15) is 0 Å². The van der Waals surface area contributed by atoms with Gasteiger partial charge < -0.3 is 0 Å². The molecule has 2 rings (SSSR count). The molecule has 1 aliphatic carbocycles. The predicted octanol–water partition coefficient (Wildman–Crippen LogP) is 3.45. The van der Waals surface area contributed by atoms with E-state index in [1.165, 1.54) is 12.0 Å². The van der Waals surface area contributed by atoms with Crippen molar-refractivity contribution in [3.05, 3.63) is 35.9 Å². The average Bonchev–Trinajstić information content (AvgIpc) is 2.15. The first-order chi connectivity index (χ1) is 5.79. The van der Waals surface area contributed by atoms with E-state index < -0.39 is 0 Å². The molecule has 0 N–H and O–H groups in total. The van der Waals surface area contributed by atoms with Crippen LogP contribution >= 0.6 is 0 Å². The summed E-state index contributed by atoms with van der Waals surface area (Å²) in [7, 11) is 0. The Morgan fingerprint density at radius 2 is 1.75 bits per heavy atom. The van der Waals surface area contributed by atoms with E-state index >= 15 is 0 Å². The van der Waals surface area contributed by atoms with Gasteiger partial charge in [-0.1, -0.05) is 44.2 Å². The predicted molar refractivity (Wildman–Crippen MR) is 52.1 cm³/mol. The lowest BCUT2D eigenvalue weighted by Crippen LogP contribution is -2.30. The maximum absolute atomic E-state index is 2.37. The summed E-state index contributed by atoms with van der Waals surface area (Å²) in [6.45, 7) is 4.72. The van der Waals surface area contributed by atoms with E-state index in [4.69, 9.17) is 0 Å². The summed E-state index contributed by atoms with van der Waals surface area (Å²) in [5.74, 6) is 2.64. The molecule has 0 nitrogen and oxygen atoms in total. The highest BCUT2D eigenvalue weighted by atomic mass is 14.4. The fourth-order valence-electron chi connectivity index (χ4n) is 2.17. The molecule has 0 spiro atoms. The summed E-state index contributed by atoms with van der Waals surface area (Å²) >= 11 is 0. The molecular weight excluding hydrogens is 144 g/mol. The molecular formula is C12H16. The van der Waals surface area contributed by atoms with Crippen LogP contribution in [0.25, 0.3) is 0 Å². The summed E-state index contributed by atoms with van der Waals surface area (Å²) in [4.78, 5) is 0. The van der Waals surface area contributed by atoms with Crippen molar-refractivity contribution in [1.29, 1.82) is 0 Å². The van der Waals surface area contributed by atoms with Crippen LogP contribution in [-0.4, -0.2) is 0 Å². The molecule has 64 valence electrons. The van der Waals surface area contributed by atoms with Crippen molar-refractivity contribution in [3.63, 3.8) is 0 Å². The van der Waals surface area contributed by atoms with Crippen LogP contribution in [0.15, 0.2) is 30.3 Å². The second-order valence-electron chi connectivity index (χ2n) is 4.09. The second-order valence-corrected chi connectivity index (χ2v) is 4.09. The maximum atomic E-state index is 2.37. The van der Waals surface area contributed by atoms with Crippen molar-refractivity contribution in [1.82, 2.24) is 0 Å². The SMILES string of the molecule is CC1[C@@H](C)C[C@H]1c1ccccc1. The van der Waals surface area contributed by atoms with E-state index in [1.807, 2.05) is 0 Å². The Morgan fingerprint density at radius 1 is 1.08 bits per heavy atom. The van der Waals surface area contributed by atoms with Gasteiger partial charge in [-0.3, -0.25) is 0 Å². The number of hydrogen-bond acceptors (Lipinski definition) is 0. The molecule has 0 heterocycles. The fourth-order valence-corrected chi connectivity index (χ4v) is 2.17. The molecule has 0 saturated heterocycles. The first kappa shape index (κ1) is 7.85. The zero-order valence-corrected chi connectivity index (χ0v) is 7.83. The van der Waals surface area contributed by atoms with E-state index in [0.29, 0.717) is 0 Å². The van der Waals surface area contributed by atoms with Crippen molar-refractivity contribution < 1.29 is 0 Å². The summed E-state index contributed by atoms with van der Waals surface area (Å²) in [6, 6.07) is 10.9. The van der Waals surface area contributed by atoms with Gasteiger partial charge in [0.2, 0.25) is 0 Å². The van der Waals surface area contributed by atoms with Gasteiger partial charge in [0.15, 0.2) is 0 Å². The molecule has 0 aliphatic heterocycles. The molecule has 1 aromatic carbocycles. The molecule has 3 atom stereocenters. The summed E-state index contributed by atoms with van der Waals surface area (Å²) in [6.07, 6.45) is 1.38. The third-order valence-corrected chi connectivity index (χ3v) is 3.39. The normalized spacial score (nSPS) is 34.3. The lowest BCUT2D eigenvalue weighted by Gasteiger charge is -2.41. The zero-order valence-electron chi connectivity index (χ0n) is 7.83. The molecule has 0 radical (unpaired) electrons. The number of benzene rings is 1. The molecule has 12 heavy (non-hydrogen) atoms. The molecule has 0 amide bonds. The summed E-state index contributed by atoms with van der Waals surface area (Å²) in [5.41, 5.74) is 1.53. The minimum Gasteiger partial charge on any atom is -0.0622 e. The summed E-state index contributed by atoms with van der Waals surface area (Å²) in [5, 5.41) is 0. The van der Waals surface area contributed by atoms with Crippen molar-refractivity contribution in [2.45, 2.75) is 26.2 Å². The Labute approximate surface area is 74.6 Å². The molecule has 1 aromatic rings. The van der Waals surface area contributed by atoms with Gasteiger partial charge in [-0.2, -0.15) is 0 Å². The van der Waals surface area contributed by atoms with Crippen LogP contribution in [0, 0.1) is 11.8 Å². The maximum Gasteiger partial charge on any atom is -0.0131 e. The van der Waals surface area contributed by atoms with E-state index in [0.717, 1.165) is 17.8 Å². The molecule has 0 bridgehead atoms. The Bertz CT molecular complexity index is 250. The molecule has 1 unspecified atom stereocenters. The lowest BCUT2D eigenvalue weighted by molar-refractivity contribution is 0.169. The van der Waals surface area contributed by atoms with Crippen LogP contribution < -0.4 is 0 Å². The third kappa shape index (κ3) is 1.16. The Morgan fingerprint density at radius 3 is 2.25 bits per heavy atom. The first-order valence-corrected chi connectivity index (χ1v) is 4.84. The smallest absolute Gasteiger partial charge is 0.0131 e. The highest BCUT2D eigenvalue weighted by molar-refractivity contribution is 5.22. The monoisotopic (exact) mass is 160 g/mol. The van der Waals surface area contributed by atoms with Crippen LogP contribution in [0.2, 0.25) is 0 Å². The van der Waals surface area contributed by atoms with Gasteiger partial charge in [-0.15, -0.1) is 0 Å². The minimum atomic E-state index is 0.834. The topological polar surface area (TPSA) is 0 Å². The van der Waals surface area contributed by atoms with Gasteiger partial charge >= 0.3 is 0 Å². The van der Waals surface area contributed by atoms with Gasteiger partial charge in [-0.05, 0) is 29.7 Å². The second kappa shape index (κ2) is 2.93. The average molecular weight is 160 g/mol. The lowest BCUT2D eigenvalue weighted by atomic mass is 9.64. The first-order valence-electron chi connectivity index (χ1n) is 4.84. The van der Waals surface area contributed by atoms with Crippen molar-refractivity contribution in [2.24, 2.45) is 11.8 Å². The summed E-state index contributed by atoms with van der Waals surface area (Å²) < 4.78 is 0. The van der Waals surface area contributed by atoms with Crippen LogP contribution in [0.5, 0.6) is 0 Å². The van der Waals surface area contributed by atoms with Crippen LogP contribution in [-0.2, 0) is 0 Å². The zero-order chi connectivity index (χ0) is 8.55. The highest BCUT2D eigenvalue weighted by Crippen LogP contribution is 2.46. The van der Waals surface area contributed by atoms with E-state index in [1.54, 1.807) is 0 Å². The molecule has 1 saturated carbocycles. The van der Waals surface area contributed by atoms with Gasteiger partial charge in [0.1, 0.15) is 0 Å². The van der Waals surface area contributed by atoms with Crippen molar-refractivity contribution in [3.8, 4) is 0 Å².